The van der Waals surface area contributed by atoms with Gasteiger partial charge in [-0.2, -0.15) is 0 Å². The molecule has 2 atom stereocenters. The number of nitrogens with one attached hydrogen (secondary N) is 1. The van der Waals surface area contributed by atoms with Crippen molar-refractivity contribution in [2.75, 3.05) is 25.9 Å². The Morgan fingerprint density at radius 3 is 2.65 bits per heavy atom. The molecule has 5 heteroatoms. The summed E-state index contributed by atoms with van der Waals surface area (Å²) in [5.74, 6) is 1.21. The second kappa shape index (κ2) is 6.32. The largest absolute Gasteiger partial charge is 0.311 e. The standard InChI is InChI=1S/C15H30N2O2S/c1-13(2)10-15(7-5-8-16-15)11-14-6-4-9-17(12-14)20(3,18)19/h13-14,16H,4-12H2,1-3H3. The second-order valence-corrected chi connectivity index (χ2v) is 9.22. The van der Waals surface area contributed by atoms with Crippen molar-refractivity contribution >= 4 is 10.0 Å². The van der Waals surface area contributed by atoms with Gasteiger partial charge in [-0.3, -0.25) is 0 Å². The van der Waals surface area contributed by atoms with E-state index in [1.807, 2.05) is 0 Å². The van der Waals surface area contributed by atoms with Crippen LogP contribution in [-0.2, 0) is 10.0 Å². The number of rotatable bonds is 5. The molecule has 1 N–H and O–H groups in total. The second-order valence-electron chi connectivity index (χ2n) is 7.24. The quantitative estimate of drug-likeness (QED) is 0.847. The Kier molecular flexibility index (Phi) is 5.14. The van der Waals surface area contributed by atoms with Crippen molar-refractivity contribution in [2.24, 2.45) is 11.8 Å². The molecule has 0 saturated carbocycles. The van der Waals surface area contributed by atoms with Crippen LogP contribution in [0.15, 0.2) is 0 Å². The Bertz CT molecular complexity index is 414. The minimum atomic E-state index is -3.02. The highest BCUT2D eigenvalue weighted by molar-refractivity contribution is 7.88. The van der Waals surface area contributed by atoms with Crippen LogP contribution in [0.4, 0.5) is 0 Å². The maximum atomic E-state index is 11.7. The third-order valence-electron chi connectivity index (χ3n) is 4.76. The summed E-state index contributed by atoms with van der Waals surface area (Å²) < 4.78 is 25.2. The van der Waals surface area contributed by atoms with E-state index in [4.69, 9.17) is 0 Å². The SMILES string of the molecule is CC(C)CC1(CC2CCCN(S(C)(=O)=O)C2)CCCN1. The van der Waals surface area contributed by atoms with Crippen LogP contribution in [0.1, 0.15) is 52.4 Å². The lowest BCUT2D eigenvalue weighted by Gasteiger charge is -2.39. The van der Waals surface area contributed by atoms with Crippen molar-refractivity contribution in [1.82, 2.24) is 9.62 Å². The van der Waals surface area contributed by atoms with Crippen LogP contribution in [0, 0.1) is 11.8 Å². The first-order chi connectivity index (χ1) is 9.31. The highest BCUT2D eigenvalue weighted by atomic mass is 32.2. The number of piperidine rings is 1. The predicted octanol–water partition coefficient (Wildman–Crippen LogP) is 2.22. The van der Waals surface area contributed by atoms with Crippen LogP contribution in [0.2, 0.25) is 0 Å². The fourth-order valence-electron chi connectivity index (χ4n) is 4.13. The van der Waals surface area contributed by atoms with Gasteiger partial charge in [-0.05, 0) is 56.9 Å². The fourth-order valence-corrected chi connectivity index (χ4v) is 5.07. The van der Waals surface area contributed by atoms with Crippen molar-refractivity contribution in [3.63, 3.8) is 0 Å². The van der Waals surface area contributed by atoms with Crippen LogP contribution in [0.25, 0.3) is 0 Å². The van der Waals surface area contributed by atoms with Crippen LogP contribution in [0.5, 0.6) is 0 Å². The summed E-state index contributed by atoms with van der Waals surface area (Å²) >= 11 is 0. The molecular formula is C15H30N2O2S. The molecule has 0 aromatic carbocycles. The van der Waals surface area contributed by atoms with Gasteiger partial charge in [-0.15, -0.1) is 0 Å². The molecule has 0 radical (unpaired) electrons. The average molecular weight is 302 g/mol. The molecule has 2 saturated heterocycles. The molecule has 0 aliphatic carbocycles. The lowest BCUT2D eigenvalue weighted by molar-refractivity contribution is 0.183. The van der Waals surface area contributed by atoms with Gasteiger partial charge in [-0.1, -0.05) is 13.8 Å². The minimum Gasteiger partial charge on any atom is -0.311 e. The molecular weight excluding hydrogens is 272 g/mol. The molecule has 0 spiro atoms. The molecule has 4 nitrogen and oxygen atoms in total. The first-order valence-corrected chi connectivity index (χ1v) is 9.86. The Balaban J connectivity index is 2.00. The molecule has 2 heterocycles. The van der Waals surface area contributed by atoms with Crippen molar-refractivity contribution in [1.29, 1.82) is 0 Å². The van der Waals surface area contributed by atoms with Crippen LogP contribution >= 0.6 is 0 Å². The molecule has 118 valence electrons. The van der Waals surface area contributed by atoms with E-state index in [1.165, 1.54) is 31.9 Å². The van der Waals surface area contributed by atoms with Gasteiger partial charge in [0.15, 0.2) is 0 Å². The Hall–Kier alpha value is -0.130. The van der Waals surface area contributed by atoms with E-state index in [0.717, 1.165) is 25.9 Å². The van der Waals surface area contributed by atoms with Gasteiger partial charge >= 0.3 is 0 Å². The van der Waals surface area contributed by atoms with Crippen molar-refractivity contribution in [3.05, 3.63) is 0 Å². The van der Waals surface area contributed by atoms with E-state index in [9.17, 15) is 8.42 Å². The third kappa shape index (κ3) is 4.18. The number of hydrogen-bond donors (Lipinski definition) is 1. The van der Waals surface area contributed by atoms with E-state index in [1.54, 1.807) is 4.31 Å². The van der Waals surface area contributed by atoms with Gasteiger partial charge < -0.3 is 5.32 Å². The summed E-state index contributed by atoms with van der Waals surface area (Å²) in [6.07, 6.45) is 8.38. The lowest BCUT2D eigenvalue weighted by Crippen LogP contribution is -2.47. The molecule has 2 fully saturated rings. The molecule has 2 aliphatic heterocycles. The number of nitrogens with zero attached hydrogens (tertiary/aromatic N) is 1. The van der Waals surface area contributed by atoms with Gasteiger partial charge in [-0.25, -0.2) is 12.7 Å². The first-order valence-electron chi connectivity index (χ1n) is 8.01. The molecule has 2 rings (SSSR count). The molecule has 2 aliphatic rings. The Labute approximate surface area is 124 Å². The monoisotopic (exact) mass is 302 g/mol. The molecule has 0 bridgehead atoms. The minimum absolute atomic E-state index is 0.263. The average Bonchev–Trinajstić information content (AvgIpc) is 2.75. The summed E-state index contributed by atoms with van der Waals surface area (Å²) in [5, 5.41) is 3.73. The van der Waals surface area contributed by atoms with E-state index in [2.05, 4.69) is 19.2 Å². The molecule has 20 heavy (non-hydrogen) atoms. The molecule has 0 aromatic rings. The fraction of sp³-hybridized carbons (Fsp3) is 1.00. The van der Waals surface area contributed by atoms with Crippen LogP contribution < -0.4 is 5.32 Å². The van der Waals surface area contributed by atoms with Gasteiger partial charge in [0.25, 0.3) is 0 Å². The zero-order chi connectivity index (χ0) is 14.8. The zero-order valence-corrected chi connectivity index (χ0v) is 14.0. The van der Waals surface area contributed by atoms with E-state index in [-0.39, 0.29) is 5.54 Å². The summed E-state index contributed by atoms with van der Waals surface area (Å²) in [4.78, 5) is 0. The van der Waals surface area contributed by atoms with Gasteiger partial charge in [0.05, 0.1) is 6.26 Å². The summed E-state index contributed by atoms with van der Waals surface area (Å²) in [7, 11) is -3.02. The van der Waals surface area contributed by atoms with Gasteiger partial charge in [0, 0.05) is 18.6 Å². The van der Waals surface area contributed by atoms with E-state index in [0.29, 0.717) is 18.4 Å². The number of hydrogen-bond acceptors (Lipinski definition) is 3. The van der Waals surface area contributed by atoms with E-state index >= 15 is 0 Å². The van der Waals surface area contributed by atoms with Crippen molar-refractivity contribution in [3.8, 4) is 0 Å². The first kappa shape index (κ1) is 16.2. The van der Waals surface area contributed by atoms with Gasteiger partial charge in [0.1, 0.15) is 0 Å². The summed E-state index contributed by atoms with van der Waals surface area (Å²) in [6, 6.07) is 0. The third-order valence-corrected chi connectivity index (χ3v) is 6.03. The summed E-state index contributed by atoms with van der Waals surface area (Å²) in [5.41, 5.74) is 0.263. The molecule has 0 aromatic heterocycles. The summed E-state index contributed by atoms with van der Waals surface area (Å²) in [6.45, 7) is 7.12. The topological polar surface area (TPSA) is 49.4 Å². The maximum absolute atomic E-state index is 11.7. The normalized spacial score (nSPS) is 32.9. The predicted molar refractivity (Wildman–Crippen MR) is 83.2 cm³/mol. The maximum Gasteiger partial charge on any atom is 0.211 e. The van der Waals surface area contributed by atoms with E-state index < -0.39 is 10.0 Å². The number of sulfonamides is 1. The lowest BCUT2D eigenvalue weighted by atomic mass is 9.78. The van der Waals surface area contributed by atoms with Gasteiger partial charge in [0.2, 0.25) is 10.0 Å². The Morgan fingerprint density at radius 2 is 2.10 bits per heavy atom. The molecule has 0 amide bonds. The smallest absolute Gasteiger partial charge is 0.211 e. The zero-order valence-electron chi connectivity index (χ0n) is 13.2. The highest BCUT2D eigenvalue weighted by Gasteiger charge is 2.38. The van der Waals surface area contributed by atoms with Crippen molar-refractivity contribution in [2.45, 2.75) is 57.9 Å². The molecule has 2 unspecified atom stereocenters. The van der Waals surface area contributed by atoms with Crippen molar-refractivity contribution < 1.29 is 8.42 Å². The van der Waals surface area contributed by atoms with Crippen LogP contribution in [0.3, 0.4) is 0 Å². The highest BCUT2D eigenvalue weighted by Crippen LogP contribution is 2.36. The van der Waals surface area contributed by atoms with Crippen LogP contribution in [-0.4, -0.2) is 44.2 Å². The Morgan fingerprint density at radius 1 is 1.35 bits per heavy atom.